The molecular weight excluding hydrogens is 339 g/mol. The van der Waals surface area contributed by atoms with Crippen molar-refractivity contribution in [2.45, 2.75) is 12.5 Å². The summed E-state index contributed by atoms with van der Waals surface area (Å²) < 4.78 is 13.0. The van der Waals surface area contributed by atoms with Crippen molar-refractivity contribution in [1.29, 1.82) is 0 Å². The number of nitrogens with two attached hydrogens (primary N) is 1. The van der Waals surface area contributed by atoms with Gasteiger partial charge in [-0.1, -0.05) is 0 Å². The van der Waals surface area contributed by atoms with Crippen LogP contribution in [0.2, 0.25) is 0 Å². The fourth-order valence-electron chi connectivity index (χ4n) is 2.75. The Kier molecular flexibility index (Phi) is 4.83. The standard InChI is InChI=1S/C18H17FN4O3/c19-12-3-7-15(8-4-12)23-10-14(9-16(23)24)22-18(26)21-13-5-1-11(2-6-13)17(20)25/h1-8,14H,9-10H2,(H2,20,25)(H2,21,22,26)/t14-/m0/s1. The molecule has 0 aliphatic carbocycles. The SMILES string of the molecule is NC(=O)c1ccc(NC(=O)N[C@H]2CC(=O)N(c3ccc(F)cc3)C2)cc1. The maximum Gasteiger partial charge on any atom is 0.319 e. The van der Waals surface area contributed by atoms with Crippen LogP contribution in [0.4, 0.5) is 20.6 Å². The van der Waals surface area contributed by atoms with Crippen LogP contribution in [0.25, 0.3) is 0 Å². The van der Waals surface area contributed by atoms with Gasteiger partial charge in [-0.15, -0.1) is 0 Å². The topological polar surface area (TPSA) is 105 Å². The van der Waals surface area contributed by atoms with Crippen molar-refractivity contribution >= 4 is 29.2 Å². The highest BCUT2D eigenvalue weighted by molar-refractivity contribution is 5.98. The molecule has 0 unspecified atom stereocenters. The van der Waals surface area contributed by atoms with Gasteiger partial charge in [-0.05, 0) is 48.5 Å². The number of benzene rings is 2. The Bertz CT molecular complexity index is 837. The zero-order valence-corrected chi connectivity index (χ0v) is 13.7. The van der Waals surface area contributed by atoms with E-state index in [4.69, 9.17) is 5.73 Å². The maximum absolute atomic E-state index is 13.0. The van der Waals surface area contributed by atoms with Crippen LogP contribution < -0.4 is 21.3 Å². The molecule has 1 atom stereocenters. The summed E-state index contributed by atoms with van der Waals surface area (Å²) in [6.45, 7) is 0.304. The normalized spacial score (nSPS) is 16.4. The first-order chi connectivity index (χ1) is 12.4. The molecule has 0 bridgehead atoms. The Hall–Kier alpha value is -3.42. The van der Waals surface area contributed by atoms with Gasteiger partial charge in [0.25, 0.3) is 0 Å². The molecule has 4 amide bonds. The van der Waals surface area contributed by atoms with Gasteiger partial charge in [-0.2, -0.15) is 0 Å². The Morgan fingerprint density at radius 2 is 1.73 bits per heavy atom. The van der Waals surface area contributed by atoms with E-state index in [1.54, 1.807) is 12.1 Å². The lowest BCUT2D eigenvalue weighted by Crippen LogP contribution is -2.39. The lowest BCUT2D eigenvalue weighted by molar-refractivity contribution is -0.117. The number of amides is 4. The average molecular weight is 356 g/mol. The number of nitrogens with one attached hydrogen (secondary N) is 2. The van der Waals surface area contributed by atoms with Crippen LogP contribution in [0.15, 0.2) is 48.5 Å². The number of hydrogen-bond acceptors (Lipinski definition) is 3. The summed E-state index contributed by atoms with van der Waals surface area (Å²) in [6.07, 6.45) is 0.158. The minimum absolute atomic E-state index is 0.146. The molecule has 1 saturated heterocycles. The Balaban J connectivity index is 1.57. The van der Waals surface area contributed by atoms with E-state index in [-0.39, 0.29) is 24.2 Å². The summed E-state index contributed by atoms with van der Waals surface area (Å²) in [6, 6.07) is 10.9. The monoisotopic (exact) mass is 356 g/mol. The van der Waals surface area contributed by atoms with Crippen molar-refractivity contribution in [2.75, 3.05) is 16.8 Å². The third-order valence-electron chi connectivity index (χ3n) is 4.03. The van der Waals surface area contributed by atoms with E-state index in [0.717, 1.165) is 0 Å². The first-order valence-electron chi connectivity index (χ1n) is 7.95. The average Bonchev–Trinajstić information content (AvgIpc) is 2.96. The van der Waals surface area contributed by atoms with Gasteiger partial charge in [-0.25, -0.2) is 9.18 Å². The minimum Gasteiger partial charge on any atom is -0.366 e. The highest BCUT2D eigenvalue weighted by Crippen LogP contribution is 2.22. The largest absolute Gasteiger partial charge is 0.366 e. The Morgan fingerprint density at radius 3 is 2.35 bits per heavy atom. The molecule has 7 nitrogen and oxygen atoms in total. The van der Waals surface area contributed by atoms with Crippen LogP contribution in [0.3, 0.4) is 0 Å². The molecule has 1 fully saturated rings. The van der Waals surface area contributed by atoms with Crippen molar-refractivity contribution in [3.8, 4) is 0 Å². The van der Waals surface area contributed by atoms with E-state index in [0.29, 0.717) is 23.5 Å². The molecule has 4 N–H and O–H groups in total. The second-order valence-electron chi connectivity index (χ2n) is 5.92. The minimum atomic E-state index is -0.550. The number of nitrogens with zero attached hydrogens (tertiary/aromatic N) is 1. The number of anilines is 2. The molecule has 0 aromatic heterocycles. The molecular formula is C18H17FN4O3. The molecule has 0 saturated carbocycles. The van der Waals surface area contributed by atoms with E-state index in [9.17, 15) is 18.8 Å². The molecule has 1 aliphatic rings. The Morgan fingerprint density at radius 1 is 1.08 bits per heavy atom. The predicted octanol–water partition coefficient (Wildman–Crippen LogP) is 1.85. The number of primary amides is 1. The van der Waals surface area contributed by atoms with Crippen LogP contribution >= 0.6 is 0 Å². The number of hydrogen-bond donors (Lipinski definition) is 3. The van der Waals surface area contributed by atoms with Gasteiger partial charge < -0.3 is 21.3 Å². The summed E-state index contributed by atoms with van der Waals surface area (Å²) in [4.78, 5) is 36.7. The number of urea groups is 1. The van der Waals surface area contributed by atoms with Crippen molar-refractivity contribution < 1.29 is 18.8 Å². The van der Waals surface area contributed by atoms with Gasteiger partial charge in [0.15, 0.2) is 0 Å². The first kappa shape index (κ1) is 17.4. The van der Waals surface area contributed by atoms with Crippen LogP contribution in [-0.4, -0.2) is 30.4 Å². The maximum atomic E-state index is 13.0. The summed E-state index contributed by atoms with van der Waals surface area (Å²) in [5.74, 6) is -1.07. The first-order valence-corrected chi connectivity index (χ1v) is 7.95. The third kappa shape index (κ3) is 3.97. The van der Waals surface area contributed by atoms with Gasteiger partial charge in [0, 0.05) is 29.9 Å². The van der Waals surface area contributed by atoms with Gasteiger partial charge in [-0.3, -0.25) is 9.59 Å². The molecule has 1 aliphatic heterocycles. The molecule has 134 valence electrons. The number of carbonyl (C=O) groups excluding carboxylic acids is 3. The molecule has 3 rings (SSSR count). The fourth-order valence-corrected chi connectivity index (χ4v) is 2.75. The molecule has 8 heteroatoms. The second kappa shape index (κ2) is 7.22. The number of carbonyl (C=O) groups is 3. The van der Waals surface area contributed by atoms with Crippen molar-refractivity contribution in [3.05, 3.63) is 59.9 Å². The zero-order valence-electron chi connectivity index (χ0n) is 13.7. The van der Waals surface area contributed by atoms with Crippen LogP contribution in [0.5, 0.6) is 0 Å². The highest BCUT2D eigenvalue weighted by atomic mass is 19.1. The van der Waals surface area contributed by atoms with Crippen LogP contribution in [-0.2, 0) is 4.79 Å². The highest BCUT2D eigenvalue weighted by Gasteiger charge is 2.31. The summed E-state index contributed by atoms with van der Waals surface area (Å²) in [5.41, 5.74) is 6.58. The summed E-state index contributed by atoms with van der Waals surface area (Å²) >= 11 is 0. The zero-order chi connectivity index (χ0) is 18.7. The van der Waals surface area contributed by atoms with E-state index < -0.39 is 11.9 Å². The molecule has 2 aromatic carbocycles. The number of halogens is 1. The van der Waals surface area contributed by atoms with E-state index in [1.165, 1.54) is 41.3 Å². The van der Waals surface area contributed by atoms with Gasteiger partial charge >= 0.3 is 6.03 Å². The van der Waals surface area contributed by atoms with Crippen molar-refractivity contribution in [3.63, 3.8) is 0 Å². The van der Waals surface area contributed by atoms with Crippen molar-refractivity contribution in [1.82, 2.24) is 5.32 Å². The lowest BCUT2D eigenvalue weighted by Gasteiger charge is -2.17. The molecule has 0 spiro atoms. The van der Waals surface area contributed by atoms with Gasteiger partial charge in [0.05, 0.1) is 6.04 Å². The predicted molar refractivity (Wildman–Crippen MR) is 94.3 cm³/mol. The van der Waals surface area contributed by atoms with Crippen molar-refractivity contribution in [2.24, 2.45) is 5.73 Å². The smallest absolute Gasteiger partial charge is 0.319 e. The molecule has 1 heterocycles. The van der Waals surface area contributed by atoms with Gasteiger partial charge in [0.2, 0.25) is 11.8 Å². The lowest BCUT2D eigenvalue weighted by atomic mass is 10.2. The van der Waals surface area contributed by atoms with E-state index >= 15 is 0 Å². The summed E-state index contributed by atoms with van der Waals surface area (Å²) in [7, 11) is 0. The second-order valence-corrected chi connectivity index (χ2v) is 5.92. The van der Waals surface area contributed by atoms with E-state index in [2.05, 4.69) is 10.6 Å². The molecule has 26 heavy (non-hydrogen) atoms. The van der Waals surface area contributed by atoms with Crippen LogP contribution in [0.1, 0.15) is 16.8 Å². The van der Waals surface area contributed by atoms with Crippen LogP contribution in [0, 0.1) is 5.82 Å². The summed E-state index contributed by atoms with van der Waals surface area (Å²) in [5, 5.41) is 5.36. The number of rotatable bonds is 4. The molecule has 2 aromatic rings. The van der Waals surface area contributed by atoms with Gasteiger partial charge in [0.1, 0.15) is 5.82 Å². The fraction of sp³-hybridized carbons (Fsp3) is 0.167. The quantitative estimate of drug-likeness (QED) is 0.779. The molecule has 0 radical (unpaired) electrons. The third-order valence-corrected chi connectivity index (χ3v) is 4.03. The van der Waals surface area contributed by atoms with E-state index in [1.807, 2.05) is 0 Å². The Labute approximate surface area is 149 Å².